The monoisotopic (exact) mass is 291 g/mol. The first kappa shape index (κ1) is 15.2. The first-order valence-corrected chi connectivity index (χ1v) is 6.80. The molecular formula is C15H21N3O3. The Labute approximate surface area is 124 Å². The number of nitrogens with zero attached hydrogens (tertiary/aromatic N) is 1. The van der Waals surface area contributed by atoms with Crippen LogP contribution in [0.3, 0.4) is 0 Å². The van der Waals surface area contributed by atoms with Crippen molar-refractivity contribution in [2.75, 3.05) is 14.2 Å². The maximum Gasteiger partial charge on any atom is 0.256 e. The molecule has 1 heterocycles. The van der Waals surface area contributed by atoms with Gasteiger partial charge in [-0.25, -0.2) is 0 Å². The molecule has 0 aliphatic carbocycles. The van der Waals surface area contributed by atoms with Crippen molar-refractivity contribution in [3.8, 4) is 11.5 Å². The molecular weight excluding hydrogens is 270 g/mol. The van der Waals surface area contributed by atoms with Crippen molar-refractivity contribution in [3.05, 3.63) is 23.8 Å². The molecule has 1 aliphatic heterocycles. The van der Waals surface area contributed by atoms with Gasteiger partial charge in [0.15, 0.2) is 5.96 Å². The molecule has 2 N–H and O–H groups in total. The van der Waals surface area contributed by atoms with Crippen molar-refractivity contribution in [1.82, 2.24) is 10.6 Å². The van der Waals surface area contributed by atoms with Gasteiger partial charge in [-0.15, -0.1) is 0 Å². The third kappa shape index (κ3) is 2.79. The largest absolute Gasteiger partial charge is 0.497 e. The fourth-order valence-corrected chi connectivity index (χ4v) is 2.28. The highest BCUT2D eigenvalue weighted by Crippen LogP contribution is 2.34. The van der Waals surface area contributed by atoms with E-state index < -0.39 is 5.54 Å². The van der Waals surface area contributed by atoms with Crippen LogP contribution in [-0.4, -0.2) is 32.1 Å². The number of rotatable bonds is 4. The average molecular weight is 291 g/mol. The van der Waals surface area contributed by atoms with Gasteiger partial charge in [-0.05, 0) is 32.9 Å². The molecule has 0 saturated carbocycles. The third-order valence-electron chi connectivity index (χ3n) is 3.39. The van der Waals surface area contributed by atoms with Gasteiger partial charge in [0.05, 0.1) is 14.2 Å². The van der Waals surface area contributed by atoms with Gasteiger partial charge < -0.3 is 14.8 Å². The number of amides is 1. The smallest absolute Gasteiger partial charge is 0.256 e. The number of hydrogen-bond acceptors (Lipinski definition) is 4. The van der Waals surface area contributed by atoms with Crippen LogP contribution in [-0.2, 0) is 10.3 Å². The molecule has 0 spiro atoms. The van der Waals surface area contributed by atoms with Crippen molar-refractivity contribution >= 4 is 11.9 Å². The molecule has 1 amide bonds. The van der Waals surface area contributed by atoms with Crippen LogP contribution in [0.5, 0.6) is 11.5 Å². The second kappa shape index (κ2) is 5.63. The molecule has 1 saturated heterocycles. The Morgan fingerprint density at radius 2 is 1.95 bits per heavy atom. The second-order valence-corrected chi connectivity index (χ2v) is 5.34. The summed E-state index contributed by atoms with van der Waals surface area (Å²) in [5, 5.41) is 5.91. The number of hydrogen-bond donors (Lipinski definition) is 2. The summed E-state index contributed by atoms with van der Waals surface area (Å²) in [7, 11) is 3.15. The number of carbonyl (C=O) groups excluding carboxylic acids is 1. The lowest BCUT2D eigenvalue weighted by Crippen LogP contribution is -2.41. The Morgan fingerprint density at radius 1 is 1.24 bits per heavy atom. The molecule has 0 bridgehead atoms. The van der Waals surface area contributed by atoms with Crippen LogP contribution < -0.4 is 20.1 Å². The van der Waals surface area contributed by atoms with Crippen molar-refractivity contribution in [1.29, 1.82) is 0 Å². The minimum absolute atomic E-state index is 0.0907. The third-order valence-corrected chi connectivity index (χ3v) is 3.39. The van der Waals surface area contributed by atoms with Crippen LogP contribution in [0.1, 0.15) is 26.3 Å². The van der Waals surface area contributed by atoms with Gasteiger partial charge >= 0.3 is 0 Å². The van der Waals surface area contributed by atoms with Crippen LogP contribution in [0.2, 0.25) is 0 Å². The number of carbonyl (C=O) groups is 1. The predicted octanol–water partition coefficient (Wildman–Crippen LogP) is 1.40. The van der Waals surface area contributed by atoms with Crippen molar-refractivity contribution in [2.45, 2.75) is 32.4 Å². The standard InChI is InChI=1S/C15H21N3O3/c1-9(2)16-14-17-13(19)15(3,18-14)11-7-6-10(20-4)8-12(11)21-5/h6-9H,1-5H3,(H2,16,17,18,19). The molecule has 1 atom stereocenters. The maximum absolute atomic E-state index is 12.4. The Bertz CT molecular complexity index is 584. The van der Waals surface area contributed by atoms with E-state index in [0.717, 1.165) is 5.56 Å². The summed E-state index contributed by atoms with van der Waals surface area (Å²) in [5.41, 5.74) is -0.192. The zero-order valence-electron chi connectivity index (χ0n) is 13.0. The van der Waals surface area contributed by atoms with Crippen LogP contribution in [0.15, 0.2) is 23.2 Å². The fourth-order valence-electron chi connectivity index (χ4n) is 2.28. The fraction of sp³-hybridized carbons (Fsp3) is 0.467. The maximum atomic E-state index is 12.4. The van der Waals surface area contributed by atoms with Gasteiger partial charge in [-0.2, -0.15) is 0 Å². The summed E-state index contributed by atoms with van der Waals surface area (Å²) in [6, 6.07) is 5.47. The lowest BCUT2D eigenvalue weighted by atomic mass is 9.91. The summed E-state index contributed by atoms with van der Waals surface area (Å²) in [5.74, 6) is 1.58. The first-order chi connectivity index (χ1) is 9.90. The van der Waals surface area contributed by atoms with Gasteiger partial charge in [0.1, 0.15) is 17.0 Å². The van der Waals surface area contributed by atoms with E-state index in [4.69, 9.17) is 9.47 Å². The van der Waals surface area contributed by atoms with Crippen LogP contribution in [0.4, 0.5) is 0 Å². The average Bonchev–Trinajstić information content (AvgIpc) is 2.72. The van der Waals surface area contributed by atoms with Gasteiger partial charge in [-0.3, -0.25) is 15.1 Å². The van der Waals surface area contributed by atoms with Crippen molar-refractivity contribution < 1.29 is 14.3 Å². The first-order valence-electron chi connectivity index (χ1n) is 6.80. The highest BCUT2D eigenvalue weighted by Gasteiger charge is 2.44. The SMILES string of the molecule is COc1ccc(C2(C)NC(=NC(C)C)NC2=O)c(OC)c1. The molecule has 1 aromatic rings. The normalized spacial score (nSPS) is 23.1. The van der Waals surface area contributed by atoms with E-state index in [0.29, 0.717) is 17.5 Å². The molecule has 1 unspecified atom stereocenters. The van der Waals surface area contributed by atoms with Crippen molar-refractivity contribution in [3.63, 3.8) is 0 Å². The summed E-state index contributed by atoms with van der Waals surface area (Å²) in [4.78, 5) is 16.7. The highest BCUT2D eigenvalue weighted by atomic mass is 16.5. The number of ether oxygens (including phenoxy) is 2. The van der Waals surface area contributed by atoms with E-state index in [1.807, 2.05) is 19.9 Å². The molecule has 21 heavy (non-hydrogen) atoms. The summed E-state index contributed by atoms with van der Waals surface area (Å²) < 4.78 is 10.6. The van der Waals surface area contributed by atoms with E-state index in [-0.39, 0.29) is 11.9 Å². The van der Waals surface area contributed by atoms with E-state index in [9.17, 15) is 4.79 Å². The quantitative estimate of drug-likeness (QED) is 0.879. The highest BCUT2D eigenvalue weighted by molar-refractivity contribution is 6.09. The predicted molar refractivity (Wildman–Crippen MR) is 80.7 cm³/mol. The molecule has 1 aliphatic rings. The van der Waals surface area contributed by atoms with Gasteiger partial charge in [0.2, 0.25) is 0 Å². The summed E-state index contributed by atoms with van der Waals surface area (Å²) in [6.45, 7) is 5.70. The molecule has 0 aromatic heterocycles. The Hall–Kier alpha value is -2.24. The number of aliphatic imine (C=N–C) groups is 1. The minimum atomic E-state index is -0.925. The van der Waals surface area contributed by atoms with E-state index in [1.54, 1.807) is 33.3 Å². The van der Waals surface area contributed by atoms with Gasteiger partial charge in [0.25, 0.3) is 5.91 Å². The Morgan fingerprint density at radius 3 is 2.52 bits per heavy atom. The number of nitrogens with one attached hydrogen (secondary N) is 2. The lowest BCUT2D eigenvalue weighted by Gasteiger charge is -2.24. The number of methoxy groups -OCH3 is 2. The van der Waals surface area contributed by atoms with Crippen LogP contribution in [0.25, 0.3) is 0 Å². The Kier molecular flexibility index (Phi) is 4.06. The van der Waals surface area contributed by atoms with Gasteiger partial charge in [0, 0.05) is 17.7 Å². The van der Waals surface area contributed by atoms with E-state index in [2.05, 4.69) is 15.6 Å². The lowest BCUT2D eigenvalue weighted by molar-refractivity contribution is -0.123. The second-order valence-electron chi connectivity index (χ2n) is 5.34. The van der Waals surface area contributed by atoms with E-state index >= 15 is 0 Å². The summed E-state index contributed by atoms with van der Waals surface area (Å²) in [6.07, 6.45) is 0. The molecule has 2 rings (SSSR count). The van der Waals surface area contributed by atoms with Gasteiger partial charge in [-0.1, -0.05) is 0 Å². The molecule has 114 valence electrons. The molecule has 6 nitrogen and oxygen atoms in total. The zero-order valence-corrected chi connectivity index (χ0v) is 13.0. The minimum Gasteiger partial charge on any atom is -0.497 e. The topological polar surface area (TPSA) is 72.0 Å². The number of benzene rings is 1. The van der Waals surface area contributed by atoms with Crippen LogP contribution in [0, 0.1) is 0 Å². The molecule has 6 heteroatoms. The van der Waals surface area contributed by atoms with Crippen LogP contribution >= 0.6 is 0 Å². The van der Waals surface area contributed by atoms with Crippen molar-refractivity contribution in [2.24, 2.45) is 4.99 Å². The summed E-state index contributed by atoms with van der Waals surface area (Å²) >= 11 is 0. The molecule has 1 aromatic carbocycles. The molecule has 1 fully saturated rings. The Balaban J connectivity index is 2.43. The van der Waals surface area contributed by atoms with E-state index in [1.165, 1.54) is 0 Å². The molecule has 0 radical (unpaired) electrons. The zero-order chi connectivity index (χ0) is 15.6. The number of guanidine groups is 1.